The van der Waals surface area contributed by atoms with Crippen LogP contribution in [0.3, 0.4) is 0 Å². The minimum atomic E-state index is -3.38. The number of benzene rings is 1. The van der Waals surface area contributed by atoms with E-state index < -0.39 is 10.0 Å². The molecule has 0 saturated carbocycles. The highest BCUT2D eigenvalue weighted by molar-refractivity contribution is 7.92. The van der Waals surface area contributed by atoms with Gasteiger partial charge in [0.15, 0.2) is 5.78 Å². The predicted octanol–water partition coefficient (Wildman–Crippen LogP) is 2.72. The molecule has 122 valence electrons. The van der Waals surface area contributed by atoms with Crippen molar-refractivity contribution in [3.63, 3.8) is 0 Å². The first-order chi connectivity index (χ1) is 10.8. The Morgan fingerprint density at radius 1 is 1.09 bits per heavy atom. The van der Waals surface area contributed by atoms with Crippen molar-refractivity contribution in [3.05, 3.63) is 46.7 Å². The Bertz CT molecular complexity index is 799. The molecule has 0 fully saturated rings. The number of hydrogen-bond donors (Lipinski definition) is 2. The molecule has 0 radical (unpaired) electrons. The lowest BCUT2D eigenvalue weighted by Crippen LogP contribution is -2.14. The van der Waals surface area contributed by atoms with Gasteiger partial charge >= 0.3 is 0 Å². The maximum atomic E-state index is 11.9. The van der Waals surface area contributed by atoms with Gasteiger partial charge in [-0.15, -0.1) is 11.3 Å². The maximum absolute atomic E-state index is 11.9. The molecule has 1 heterocycles. The van der Waals surface area contributed by atoms with Crippen LogP contribution in [0.1, 0.15) is 22.5 Å². The molecule has 0 unspecified atom stereocenters. The van der Waals surface area contributed by atoms with Crippen molar-refractivity contribution < 1.29 is 18.0 Å². The Hall–Kier alpha value is -2.19. The molecule has 0 spiro atoms. The molecule has 0 aliphatic heterocycles. The lowest BCUT2D eigenvalue weighted by molar-refractivity contribution is -0.116. The summed E-state index contributed by atoms with van der Waals surface area (Å²) in [6.07, 6.45) is 1.25. The Balaban J connectivity index is 1.90. The molecule has 0 aliphatic rings. The van der Waals surface area contributed by atoms with Crippen LogP contribution in [0.15, 0.2) is 41.8 Å². The molecule has 0 saturated heterocycles. The molecule has 8 heteroatoms. The Labute approximate surface area is 138 Å². The Morgan fingerprint density at radius 2 is 1.83 bits per heavy atom. The van der Waals surface area contributed by atoms with E-state index in [1.165, 1.54) is 17.4 Å². The van der Waals surface area contributed by atoms with E-state index in [-0.39, 0.29) is 24.5 Å². The lowest BCUT2D eigenvalue weighted by atomic mass is 10.2. The second-order valence-electron chi connectivity index (χ2n) is 4.90. The van der Waals surface area contributed by atoms with Crippen molar-refractivity contribution >= 4 is 44.4 Å². The van der Waals surface area contributed by atoms with E-state index in [1.54, 1.807) is 30.3 Å². The van der Waals surface area contributed by atoms with E-state index in [1.807, 2.05) is 5.38 Å². The summed E-state index contributed by atoms with van der Waals surface area (Å²) in [6, 6.07) is 9.88. The molecule has 2 rings (SSSR count). The van der Waals surface area contributed by atoms with Gasteiger partial charge in [0.05, 0.1) is 16.8 Å². The summed E-state index contributed by atoms with van der Waals surface area (Å²) >= 11 is 1.35. The number of ketones is 1. The van der Waals surface area contributed by atoms with E-state index in [0.29, 0.717) is 16.3 Å². The zero-order valence-corrected chi connectivity index (χ0v) is 14.0. The zero-order chi connectivity index (χ0) is 16.9. The van der Waals surface area contributed by atoms with Gasteiger partial charge in [-0.3, -0.25) is 14.3 Å². The minimum absolute atomic E-state index is 0.0670. The second-order valence-corrected chi connectivity index (χ2v) is 7.60. The molecule has 6 nitrogen and oxygen atoms in total. The molecule has 0 aliphatic carbocycles. The van der Waals surface area contributed by atoms with Crippen molar-refractivity contribution in [2.75, 3.05) is 16.3 Å². The first-order valence-electron chi connectivity index (χ1n) is 6.78. The molecule has 2 N–H and O–H groups in total. The summed E-state index contributed by atoms with van der Waals surface area (Å²) in [5, 5.41) is 4.46. The molecule has 0 bridgehead atoms. The van der Waals surface area contributed by atoms with Gasteiger partial charge in [-0.25, -0.2) is 8.42 Å². The largest absolute Gasteiger partial charge is 0.326 e. The number of Topliss-reactive ketones (excluding diaryl/α,β-unsaturated/α-hetero) is 1. The average Bonchev–Trinajstić information content (AvgIpc) is 2.97. The van der Waals surface area contributed by atoms with Crippen LogP contribution in [0, 0.1) is 0 Å². The third-order valence-corrected chi connectivity index (χ3v) is 4.34. The smallest absolute Gasteiger partial charge is 0.229 e. The molecule has 1 aromatic heterocycles. The summed E-state index contributed by atoms with van der Waals surface area (Å²) in [6.45, 7) is 0. The highest BCUT2D eigenvalue weighted by Gasteiger charge is 2.10. The highest BCUT2D eigenvalue weighted by atomic mass is 32.2. The summed E-state index contributed by atoms with van der Waals surface area (Å²) in [4.78, 5) is 24.3. The van der Waals surface area contributed by atoms with Crippen LogP contribution >= 0.6 is 11.3 Å². The zero-order valence-electron chi connectivity index (χ0n) is 12.4. The number of nitrogens with one attached hydrogen (secondary N) is 2. The summed E-state index contributed by atoms with van der Waals surface area (Å²) in [7, 11) is -3.38. The molecule has 1 amide bonds. The number of anilines is 2. The fourth-order valence-electron chi connectivity index (χ4n) is 1.89. The minimum Gasteiger partial charge on any atom is -0.326 e. The number of hydrogen-bond acceptors (Lipinski definition) is 5. The van der Waals surface area contributed by atoms with Gasteiger partial charge in [0.25, 0.3) is 0 Å². The third-order valence-electron chi connectivity index (χ3n) is 2.82. The number of sulfonamides is 1. The number of rotatable bonds is 7. The van der Waals surface area contributed by atoms with Gasteiger partial charge < -0.3 is 5.32 Å². The SMILES string of the molecule is CS(=O)(=O)Nc1cccc(NC(=O)CCC(=O)c2cccs2)c1. The molecule has 1 aromatic carbocycles. The van der Waals surface area contributed by atoms with Crippen molar-refractivity contribution in [3.8, 4) is 0 Å². The Kier molecular flexibility index (Phi) is 5.51. The summed E-state index contributed by atoms with van der Waals surface area (Å²) in [5.41, 5.74) is 0.826. The lowest BCUT2D eigenvalue weighted by Gasteiger charge is -2.08. The van der Waals surface area contributed by atoms with Crippen LogP contribution in [0.4, 0.5) is 11.4 Å². The fraction of sp³-hybridized carbons (Fsp3) is 0.200. The topological polar surface area (TPSA) is 92.3 Å². The molecular formula is C15H16N2O4S2. The van der Waals surface area contributed by atoms with Gasteiger partial charge in [-0.2, -0.15) is 0 Å². The number of thiophene rings is 1. The van der Waals surface area contributed by atoms with Crippen LogP contribution in [-0.4, -0.2) is 26.4 Å². The van der Waals surface area contributed by atoms with E-state index in [4.69, 9.17) is 0 Å². The van der Waals surface area contributed by atoms with E-state index >= 15 is 0 Å². The number of amides is 1. The van der Waals surface area contributed by atoms with Crippen LogP contribution in [0.25, 0.3) is 0 Å². The molecular weight excluding hydrogens is 336 g/mol. The first kappa shape index (κ1) is 17.2. The third kappa shape index (κ3) is 5.84. The highest BCUT2D eigenvalue weighted by Crippen LogP contribution is 2.17. The van der Waals surface area contributed by atoms with Crippen molar-refractivity contribution in [1.29, 1.82) is 0 Å². The summed E-state index contributed by atoms with van der Waals surface area (Å²) in [5.74, 6) is -0.367. The van der Waals surface area contributed by atoms with Crippen LogP contribution in [-0.2, 0) is 14.8 Å². The molecule has 2 aromatic rings. The van der Waals surface area contributed by atoms with Crippen LogP contribution in [0.2, 0.25) is 0 Å². The fourth-order valence-corrected chi connectivity index (χ4v) is 3.13. The summed E-state index contributed by atoms with van der Waals surface area (Å²) < 4.78 is 24.7. The number of carbonyl (C=O) groups is 2. The Morgan fingerprint density at radius 3 is 2.48 bits per heavy atom. The predicted molar refractivity (Wildman–Crippen MR) is 91.4 cm³/mol. The van der Waals surface area contributed by atoms with Crippen molar-refractivity contribution in [1.82, 2.24) is 0 Å². The maximum Gasteiger partial charge on any atom is 0.229 e. The van der Waals surface area contributed by atoms with Gasteiger partial charge in [0, 0.05) is 18.5 Å². The number of carbonyl (C=O) groups excluding carboxylic acids is 2. The normalized spacial score (nSPS) is 11.0. The van der Waals surface area contributed by atoms with Crippen LogP contribution < -0.4 is 10.0 Å². The van der Waals surface area contributed by atoms with Gasteiger partial charge in [-0.1, -0.05) is 12.1 Å². The van der Waals surface area contributed by atoms with Gasteiger partial charge in [0.2, 0.25) is 15.9 Å². The van der Waals surface area contributed by atoms with Crippen molar-refractivity contribution in [2.24, 2.45) is 0 Å². The average molecular weight is 352 g/mol. The van der Waals surface area contributed by atoms with E-state index in [2.05, 4.69) is 10.0 Å². The van der Waals surface area contributed by atoms with Gasteiger partial charge in [0.1, 0.15) is 0 Å². The standard InChI is InChI=1S/C15H16N2O4S2/c1-23(20,21)17-12-5-2-4-11(10-12)16-15(19)8-7-13(18)14-6-3-9-22-14/h2-6,9-10,17H,7-8H2,1H3,(H,16,19). The monoisotopic (exact) mass is 352 g/mol. The first-order valence-corrected chi connectivity index (χ1v) is 9.55. The van der Waals surface area contributed by atoms with Gasteiger partial charge in [-0.05, 0) is 29.6 Å². The quantitative estimate of drug-likeness (QED) is 0.750. The van der Waals surface area contributed by atoms with Crippen molar-refractivity contribution in [2.45, 2.75) is 12.8 Å². The molecule has 0 atom stereocenters. The second kappa shape index (κ2) is 7.38. The van der Waals surface area contributed by atoms with Crippen LogP contribution in [0.5, 0.6) is 0 Å². The van der Waals surface area contributed by atoms with E-state index in [0.717, 1.165) is 6.26 Å². The van der Waals surface area contributed by atoms with E-state index in [9.17, 15) is 18.0 Å². The molecule has 23 heavy (non-hydrogen) atoms.